The fourth-order valence-corrected chi connectivity index (χ4v) is 2.80. The number of halogens is 2. The van der Waals surface area contributed by atoms with Crippen LogP contribution < -0.4 is 10.9 Å². The lowest BCUT2D eigenvalue weighted by atomic mass is 10.1. The zero-order valence-electron chi connectivity index (χ0n) is 13.1. The molecule has 0 aliphatic rings. The van der Waals surface area contributed by atoms with Crippen LogP contribution in [0.5, 0.6) is 0 Å². The smallest absolute Gasteiger partial charge is 0.271 e. The van der Waals surface area contributed by atoms with Gasteiger partial charge in [-0.05, 0) is 31.2 Å². The molecule has 2 N–H and O–H groups in total. The molecule has 0 atom stereocenters. The summed E-state index contributed by atoms with van der Waals surface area (Å²) in [6, 6.07) is 10.5. The predicted molar refractivity (Wildman–Crippen MR) is 94.2 cm³/mol. The highest BCUT2D eigenvalue weighted by Crippen LogP contribution is 2.22. The largest absolute Gasteiger partial charge is 0.295 e. The summed E-state index contributed by atoms with van der Waals surface area (Å²) in [6.45, 7) is 1.34. The topological polar surface area (TPSA) is 75.3 Å². The van der Waals surface area contributed by atoms with Crippen molar-refractivity contribution in [3.8, 4) is 0 Å². The van der Waals surface area contributed by atoms with Crippen LogP contribution in [0.2, 0.25) is 5.02 Å². The highest BCUT2D eigenvalue weighted by Gasteiger charge is 2.12. The second-order valence-corrected chi connectivity index (χ2v) is 6.40. The zero-order valence-corrected chi connectivity index (χ0v) is 14.7. The summed E-state index contributed by atoms with van der Waals surface area (Å²) in [6.07, 6.45) is 0. The molecule has 2 rings (SSSR count). The number of nitrogens with one attached hydrogen (secondary N) is 2. The van der Waals surface area contributed by atoms with Gasteiger partial charge in [0.05, 0.1) is 16.3 Å². The second-order valence-electron chi connectivity index (χ2n) is 4.97. The van der Waals surface area contributed by atoms with Crippen molar-refractivity contribution in [3.05, 3.63) is 64.4 Å². The van der Waals surface area contributed by atoms with Gasteiger partial charge in [-0.15, -0.1) is 11.8 Å². The van der Waals surface area contributed by atoms with Crippen molar-refractivity contribution in [1.82, 2.24) is 10.9 Å². The number of hydrazine groups is 1. The minimum atomic E-state index is -0.578. The lowest BCUT2D eigenvalue weighted by Gasteiger charge is -2.09. The van der Waals surface area contributed by atoms with E-state index in [1.54, 1.807) is 18.2 Å². The van der Waals surface area contributed by atoms with Crippen LogP contribution >= 0.6 is 23.4 Å². The normalized spacial score (nSPS) is 10.2. The van der Waals surface area contributed by atoms with Gasteiger partial charge in [-0.1, -0.05) is 29.8 Å². The Kier molecular flexibility index (Phi) is 6.55. The highest BCUT2D eigenvalue weighted by atomic mass is 35.5. The molecule has 0 radical (unpaired) electrons. The second kappa shape index (κ2) is 8.64. The Morgan fingerprint density at radius 1 is 1.12 bits per heavy atom. The number of carbonyl (C=O) groups excluding carboxylic acids is 3. The van der Waals surface area contributed by atoms with E-state index in [-0.39, 0.29) is 32.6 Å². The van der Waals surface area contributed by atoms with Gasteiger partial charge >= 0.3 is 0 Å². The van der Waals surface area contributed by atoms with E-state index in [4.69, 9.17) is 11.6 Å². The SMILES string of the molecule is CC(=O)c1ccc(SCC(=O)NNC(=O)c2ccccc2Cl)c(F)c1. The van der Waals surface area contributed by atoms with Crippen molar-refractivity contribution in [2.45, 2.75) is 11.8 Å². The monoisotopic (exact) mass is 380 g/mol. The van der Waals surface area contributed by atoms with Crippen LogP contribution in [0, 0.1) is 5.82 Å². The van der Waals surface area contributed by atoms with Crippen molar-refractivity contribution >= 4 is 41.0 Å². The summed E-state index contributed by atoms with van der Waals surface area (Å²) in [4.78, 5) is 35.1. The molecule has 0 spiro atoms. The van der Waals surface area contributed by atoms with Crippen LogP contribution in [0.15, 0.2) is 47.4 Å². The molecule has 2 aromatic rings. The molecule has 0 saturated heterocycles. The molecule has 0 aliphatic heterocycles. The molecule has 5 nitrogen and oxygen atoms in total. The minimum Gasteiger partial charge on any atom is -0.295 e. The number of carbonyl (C=O) groups is 3. The Morgan fingerprint density at radius 3 is 2.48 bits per heavy atom. The Balaban J connectivity index is 1.86. The van der Waals surface area contributed by atoms with Crippen molar-refractivity contribution in [3.63, 3.8) is 0 Å². The first kappa shape index (κ1) is 19.0. The average Bonchev–Trinajstić information content (AvgIpc) is 2.58. The molecule has 0 unspecified atom stereocenters. The average molecular weight is 381 g/mol. The van der Waals surface area contributed by atoms with Crippen LogP contribution in [0.1, 0.15) is 27.6 Å². The minimum absolute atomic E-state index is 0.112. The maximum absolute atomic E-state index is 13.9. The number of rotatable bonds is 5. The Morgan fingerprint density at radius 2 is 1.84 bits per heavy atom. The van der Waals surface area contributed by atoms with Gasteiger partial charge in [0.25, 0.3) is 5.91 Å². The van der Waals surface area contributed by atoms with E-state index in [1.165, 1.54) is 25.1 Å². The molecule has 0 aliphatic carbocycles. The summed E-state index contributed by atoms with van der Waals surface area (Å²) in [7, 11) is 0. The number of Topliss-reactive ketones (excluding diaryl/α,β-unsaturated/α-hetero) is 1. The molecule has 2 amide bonds. The predicted octanol–water partition coefficient (Wildman–Crippen LogP) is 3.24. The van der Waals surface area contributed by atoms with Gasteiger partial charge in [0.2, 0.25) is 5.91 Å². The summed E-state index contributed by atoms with van der Waals surface area (Å²) >= 11 is 6.84. The van der Waals surface area contributed by atoms with E-state index >= 15 is 0 Å². The number of hydrogen-bond acceptors (Lipinski definition) is 4. The molecule has 0 heterocycles. The van der Waals surface area contributed by atoms with Crippen LogP contribution in [0.25, 0.3) is 0 Å². The lowest BCUT2D eigenvalue weighted by Crippen LogP contribution is -2.42. The van der Waals surface area contributed by atoms with Crippen molar-refractivity contribution in [2.75, 3.05) is 5.75 Å². The highest BCUT2D eigenvalue weighted by molar-refractivity contribution is 8.00. The first-order chi connectivity index (χ1) is 11.9. The molecule has 0 bridgehead atoms. The van der Waals surface area contributed by atoms with Gasteiger partial charge in [-0.2, -0.15) is 0 Å². The van der Waals surface area contributed by atoms with Crippen LogP contribution in [0.4, 0.5) is 4.39 Å². The van der Waals surface area contributed by atoms with Crippen LogP contribution in [-0.2, 0) is 4.79 Å². The third-order valence-electron chi connectivity index (χ3n) is 3.13. The van der Waals surface area contributed by atoms with Gasteiger partial charge in [0, 0.05) is 10.5 Å². The number of benzene rings is 2. The van der Waals surface area contributed by atoms with E-state index < -0.39 is 17.6 Å². The van der Waals surface area contributed by atoms with Gasteiger partial charge < -0.3 is 0 Å². The van der Waals surface area contributed by atoms with Crippen molar-refractivity contribution < 1.29 is 18.8 Å². The Labute approximate surface area is 152 Å². The first-order valence-electron chi connectivity index (χ1n) is 7.15. The summed E-state index contributed by atoms with van der Waals surface area (Å²) in [5.74, 6) is -2.00. The fraction of sp³-hybridized carbons (Fsp3) is 0.118. The van der Waals surface area contributed by atoms with E-state index in [0.717, 1.165) is 17.8 Å². The lowest BCUT2D eigenvalue weighted by molar-refractivity contribution is -0.119. The summed E-state index contributed by atoms with van der Waals surface area (Å²) < 4.78 is 13.9. The quantitative estimate of drug-likeness (QED) is 0.474. The van der Waals surface area contributed by atoms with E-state index in [2.05, 4.69) is 10.9 Å². The first-order valence-corrected chi connectivity index (χ1v) is 8.52. The number of thioether (sulfide) groups is 1. The molecule has 0 aromatic heterocycles. The van der Waals surface area contributed by atoms with E-state index in [9.17, 15) is 18.8 Å². The number of ketones is 1. The van der Waals surface area contributed by atoms with Crippen molar-refractivity contribution in [1.29, 1.82) is 0 Å². The van der Waals surface area contributed by atoms with Gasteiger partial charge in [-0.25, -0.2) is 4.39 Å². The third kappa shape index (κ3) is 5.30. The molecule has 0 fully saturated rings. The molecule has 8 heteroatoms. The molecule has 0 saturated carbocycles. The van der Waals surface area contributed by atoms with Gasteiger partial charge in [-0.3, -0.25) is 25.2 Å². The molecule has 25 heavy (non-hydrogen) atoms. The molecular weight excluding hydrogens is 367 g/mol. The van der Waals surface area contributed by atoms with Crippen molar-refractivity contribution in [2.24, 2.45) is 0 Å². The summed E-state index contributed by atoms with van der Waals surface area (Å²) in [5.41, 5.74) is 4.96. The number of hydrogen-bond donors (Lipinski definition) is 2. The maximum Gasteiger partial charge on any atom is 0.271 e. The third-order valence-corrected chi connectivity index (χ3v) is 4.51. The molecule has 2 aromatic carbocycles. The van der Waals surface area contributed by atoms with Gasteiger partial charge in [0.1, 0.15) is 5.82 Å². The standard InChI is InChI=1S/C17H14ClFN2O3S/c1-10(22)11-6-7-15(14(19)8-11)25-9-16(23)20-21-17(24)12-4-2-3-5-13(12)18/h2-8H,9H2,1H3,(H,20,23)(H,21,24). The maximum atomic E-state index is 13.9. The van der Waals surface area contributed by atoms with Crippen LogP contribution in [0.3, 0.4) is 0 Å². The van der Waals surface area contributed by atoms with E-state index in [0.29, 0.717) is 0 Å². The fourth-order valence-electron chi connectivity index (χ4n) is 1.86. The molecule has 130 valence electrons. The van der Waals surface area contributed by atoms with Gasteiger partial charge in [0.15, 0.2) is 5.78 Å². The number of amides is 2. The Hall–Kier alpha value is -2.38. The molecular formula is C17H14ClFN2O3S. The Bertz CT molecular complexity index is 829. The van der Waals surface area contributed by atoms with E-state index in [1.807, 2.05) is 0 Å². The zero-order chi connectivity index (χ0) is 18.4. The van der Waals surface area contributed by atoms with Crippen LogP contribution in [-0.4, -0.2) is 23.4 Å². The summed E-state index contributed by atoms with van der Waals surface area (Å²) in [5, 5.41) is 0.260.